The van der Waals surface area contributed by atoms with Crippen molar-refractivity contribution < 1.29 is 4.74 Å². The van der Waals surface area contributed by atoms with E-state index in [-0.39, 0.29) is 5.56 Å². The van der Waals surface area contributed by atoms with Gasteiger partial charge in [0.1, 0.15) is 5.39 Å². The number of aromatic amines is 1. The van der Waals surface area contributed by atoms with Crippen molar-refractivity contribution in [1.29, 1.82) is 0 Å². The molecule has 2 atom stereocenters. The van der Waals surface area contributed by atoms with Gasteiger partial charge in [0.15, 0.2) is 5.65 Å². The first-order valence-corrected chi connectivity index (χ1v) is 11.7. The van der Waals surface area contributed by atoms with Crippen LogP contribution in [0.5, 0.6) is 0 Å². The van der Waals surface area contributed by atoms with Crippen molar-refractivity contribution in [3.8, 4) is 5.69 Å². The Labute approximate surface area is 188 Å². The number of para-hydroxylation sites is 1. The summed E-state index contributed by atoms with van der Waals surface area (Å²) >= 11 is 0. The number of nitrogens with zero attached hydrogens (tertiary/aromatic N) is 5. The van der Waals surface area contributed by atoms with E-state index < -0.39 is 0 Å². The molecule has 2 aliphatic heterocycles. The molecule has 0 amide bonds. The Morgan fingerprint density at radius 1 is 1.09 bits per heavy atom. The molecule has 3 aromatic rings. The maximum absolute atomic E-state index is 12.7. The number of piperidine rings is 1. The maximum Gasteiger partial charge on any atom is 0.263 e. The molecule has 8 nitrogen and oxygen atoms in total. The van der Waals surface area contributed by atoms with E-state index >= 15 is 0 Å². The lowest BCUT2D eigenvalue weighted by Crippen LogP contribution is -2.46. The number of morpholine rings is 1. The number of fused-ring (bicyclic) bond motifs is 1. The number of hydrogen-bond donors (Lipinski definition) is 1. The topological polar surface area (TPSA) is 79.3 Å². The molecule has 2 aliphatic rings. The second kappa shape index (κ2) is 9.03. The van der Waals surface area contributed by atoms with Gasteiger partial charge in [0.2, 0.25) is 5.95 Å². The van der Waals surface area contributed by atoms with E-state index in [1.165, 1.54) is 6.42 Å². The number of benzene rings is 1. The normalized spacial score (nSPS) is 23.1. The Bertz CT molecular complexity index is 1090. The Balaban J connectivity index is 1.24. The molecule has 32 heavy (non-hydrogen) atoms. The van der Waals surface area contributed by atoms with Gasteiger partial charge < -0.3 is 9.64 Å². The molecule has 0 unspecified atom stereocenters. The highest BCUT2D eigenvalue weighted by Gasteiger charge is 2.25. The Morgan fingerprint density at radius 3 is 2.53 bits per heavy atom. The van der Waals surface area contributed by atoms with Crippen LogP contribution in [0.15, 0.2) is 41.3 Å². The third-order valence-corrected chi connectivity index (χ3v) is 6.69. The minimum absolute atomic E-state index is 0.134. The first-order valence-electron chi connectivity index (χ1n) is 11.7. The molecule has 1 aromatic carbocycles. The van der Waals surface area contributed by atoms with Crippen LogP contribution in [-0.4, -0.2) is 69.6 Å². The van der Waals surface area contributed by atoms with Crippen LogP contribution in [0.1, 0.15) is 33.1 Å². The molecule has 0 bridgehead atoms. The molecular weight excluding hydrogens is 404 g/mol. The van der Waals surface area contributed by atoms with Crippen LogP contribution in [-0.2, 0) is 4.74 Å². The van der Waals surface area contributed by atoms with Crippen molar-refractivity contribution in [1.82, 2.24) is 24.6 Å². The number of ether oxygens (including phenoxy) is 1. The van der Waals surface area contributed by atoms with Gasteiger partial charge in [0.05, 0.1) is 24.1 Å². The van der Waals surface area contributed by atoms with Gasteiger partial charge >= 0.3 is 0 Å². The molecular formula is C24H32N6O2. The largest absolute Gasteiger partial charge is 0.373 e. The van der Waals surface area contributed by atoms with E-state index in [9.17, 15) is 4.79 Å². The van der Waals surface area contributed by atoms with E-state index in [2.05, 4.69) is 33.7 Å². The van der Waals surface area contributed by atoms with Crippen LogP contribution in [0.25, 0.3) is 16.7 Å². The van der Waals surface area contributed by atoms with Gasteiger partial charge in [0.25, 0.3) is 5.56 Å². The molecule has 170 valence electrons. The lowest BCUT2D eigenvalue weighted by molar-refractivity contribution is -0.0690. The number of aromatic nitrogens is 4. The Hall–Kier alpha value is -2.71. The Kier molecular flexibility index (Phi) is 5.97. The standard InChI is InChI=1S/C24H32N6O2/c1-17-15-28(16-18(2)32-17)11-8-19-9-12-29(13-10-19)24-26-22-21(23(31)27-24)14-25-30(22)20-6-4-3-5-7-20/h3-7,14,17-19H,8-13,15-16H2,1-2H3,(H,26,27,31)/t17-,18+. The monoisotopic (exact) mass is 436 g/mol. The fourth-order valence-electron chi connectivity index (χ4n) is 5.08. The van der Waals surface area contributed by atoms with E-state index in [4.69, 9.17) is 9.72 Å². The van der Waals surface area contributed by atoms with E-state index in [0.29, 0.717) is 35.1 Å². The predicted octanol–water partition coefficient (Wildman–Crippen LogP) is 2.82. The van der Waals surface area contributed by atoms with Crippen LogP contribution in [0.4, 0.5) is 5.95 Å². The van der Waals surface area contributed by atoms with Crippen LogP contribution < -0.4 is 10.5 Å². The smallest absolute Gasteiger partial charge is 0.263 e. The summed E-state index contributed by atoms with van der Waals surface area (Å²) in [5, 5.41) is 4.92. The zero-order valence-corrected chi connectivity index (χ0v) is 18.9. The molecule has 0 spiro atoms. The van der Waals surface area contributed by atoms with Crippen LogP contribution in [0.3, 0.4) is 0 Å². The fourth-order valence-corrected chi connectivity index (χ4v) is 5.08. The third-order valence-electron chi connectivity index (χ3n) is 6.69. The van der Waals surface area contributed by atoms with E-state index in [0.717, 1.165) is 51.3 Å². The first kappa shape index (κ1) is 21.2. The van der Waals surface area contributed by atoms with Crippen LogP contribution >= 0.6 is 0 Å². The van der Waals surface area contributed by atoms with Gasteiger partial charge in [-0.15, -0.1) is 0 Å². The SMILES string of the molecule is C[C@@H]1CN(CCC2CCN(c3nc4c(cnn4-c4ccccc4)c(=O)[nH]3)CC2)C[C@H](C)O1. The lowest BCUT2D eigenvalue weighted by atomic mass is 9.93. The molecule has 4 heterocycles. The quantitative estimate of drug-likeness (QED) is 0.663. The summed E-state index contributed by atoms with van der Waals surface area (Å²) < 4.78 is 7.59. The number of H-pyrrole nitrogens is 1. The van der Waals surface area contributed by atoms with Gasteiger partial charge in [-0.3, -0.25) is 14.7 Å². The molecule has 2 aromatic heterocycles. The summed E-state index contributed by atoms with van der Waals surface area (Å²) in [6.07, 6.45) is 5.70. The fraction of sp³-hybridized carbons (Fsp3) is 0.542. The highest BCUT2D eigenvalue weighted by molar-refractivity contribution is 5.76. The van der Waals surface area contributed by atoms with Crippen molar-refractivity contribution in [2.75, 3.05) is 37.6 Å². The summed E-state index contributed by atoms with van der Waals surface area (Å²) in [6, 6.07) is 9.82. The molecule has 2 saturated heterocycles. The van der Waals surface area contributed by atoms with Gasteiger partial charge in [-0.05, 0) is 57.7 Å². The minimum atomic E-state index is -0.134. The second-order valence-electron chi connectivity index (χ2n) is 9.25. The van der Waals surface area contributed by atoms with Crippen LogP contribution in [0, 0.1) is 5.92 Å². The molecule has 0 radical (unpaired) electrons. The summed E-state index contributed by atoms with van der Waals surface area (Å²) in [4.78, 5) is 25.2. The lowest BCUT2D eigenvalue weighted by Gasteiger charge is -2.37. The Morgan fingerprint density at radius 2 is 1.81 bits per heavy atom. The van der Waals surface area contributed by atoms with Gasteiger partial charge in [-0.1, -0.05) is 18.2 Å². The maximum atomic E-state index is 12.7. The zero-order valence-electron chi connectivity index (χ0n) is 18.9. The number of nitrogens with one attached hydrogen (secondary N) is 1. The first-order chi connectivity index (χ1) is 15.6. The second-order valence-corrected chi connectivity index (χ2v) is 9.25. The van der Waals surface area contributed by atoms with Crippen molar-refractivity contribution in [3.05, 3.63) is 46.9 Å². The molecule has 0 saturated carbocycles. The van der Waals surface area contributed by atoms with Gasteiger partial charge in [-0.25, -0.2) is 4.68 Å². The van der Waals surface area contributed by atoms with E-state index in [1.54, 1.807) is 10.9 Å². The number of rotatable bonds is 5. The van der Waals surface area contributed by atoms with Crippen molar-refractivity contribution >= 4 is 17.0 Å². The van der Waals surface area contributed by atoms with Gasteiger partial charge in [-0.2, -0.15) is 10.1 Å². The molecule has 1 N–H and O–H groups in total. The molecule has 0 aliphatic carbocycles. The average Bonchev–Trinajstić information content (AvgIpc) is 3.23. The van der Waals surface area contributed by atoms with Crippen molar-refractivity contribution in [2.45, 2.75) is 45.3 Å². The number of anilines is 1. The summed E-state index contributed by atoms with van der Waals surface area (Å²) in [5.41, 5.74) is 1.37. The third kappa shape index (κ3) is 4.42. The van der Waals surface area contributed by atoms with Crippen molar-refractivity contribution in [2.24, 2.45) is 5.92 Å². The van der Waals surface area contributed by atoms with Crippen molar-refractivity contribution in [3.63, 3.8) is 0 Å². The average molecular weight is 437 g/mol. The molecule has 5 rings (SSSR count). The molecule has 8 heteroatoms. The summed E-state index contributed by atoms with van der Waals surface area (Å²) in [6.45, 7) is 9.35. The van der Waals surface area contributed by atoms with E-state index in [1.807, 2.05) is 30.3 Å². The minimum Gasteiger partial charge on any atom is -0.373 e. The summed E-state index contributed by atoms with van der Waals surface area (Å²) in [7, 11) is 0. The van der Waals surface area contributed by atoms with Crippen LogP contribution in [0.2, 0.25) is 0 Å². The predicted molar refractivity (Wildman–Crippen MR) is 125 cm³/mol. The summed E-state index contributed by atoms with van der Waals surface area (Å²) in [5.74, 6) is 1.36. The highest BCUT2D eigenvalue weighted by Crippen LogP contribution is 2.25. The zero-order chi connectivity index (χ0) is 22.1. The molecule has 2 fully saturated rings. The highest BCUT2D eigenvalue weighted by atomic mass is 16.5. The van der Waals surface area contributed by atoms with Gasteiger partial charge in [0, 0.05) is 26.2 Å². The number of hydrogen-bond acceptors (Lipinski definition) is 6.